The molecule has 106 valence electrons. The Morgan fingerprint density at radius 1 is 1.09 bits per heavy atom. The predicted octanol–water partition coefficient (Wildman–Crippen LogP) is 3.22. The molecule has 2 heterocycles. The van der Waals surface area contributed by atoms with Gasteiger partial charge in [0.25, 0.3) is 0 Å². The van der Waals surface area contributed by atoms with Crippen molar-refractivity contribution in [3.8, 4) is 6.07 Å². The number of hydrogen-bond donors (Lipinski definition) is 1. The maximum atomic E-state index is 11.5. The second-order valence-electron chi connectivity index (χ2n) is 5.01. The minimum Gasteiger partial charge on any atom is -0.362 e. The zero-order valence-corrected chi connectivity index (χ0v) is 12.3. The molecule has 0 saturated heterocycles. The van der Waals surface area contributed by atoms with Crippen molar-refractivity contribution in [1.29, 1.82) is 5.26 Å². The number of aliphatic hydroxyl groups is 1. The number of benzene rings is 2. The van der Waals surface area contributed by atoms with Crippen LogP contribution in [0.1, 0.15) is 5.56 Å². The molecule has 0 aliphatic carbocycles. The van der Waals surface area contributed by atoms with E-state index in [4.69, 9.17) is 0 Å². The summed E-state index contributed by atoms with van der Waals surface area (Å²) in [5.41, 5.74) is 0.179. The lowest BCUT2D eigenvalue weighted by atomic mass is 9.92. The maximum absolute atomic E-state index is 11.5. The summed E-state index contributed by atoms with van der Waals surface area (Å²) in [6, 6.07) is 19.1. The Hall–Kier alpha value is -2.55. The van der Waals surface area contributed by atoms with E-state index in [2.05, 4.69) is 11.1 Å². The van der Waals surface area contributed by atoms with Crippen molar-refractivity contribution in [1.82, 2.24) is 0 Å². The third-order valence-corrected chi connectivity index (χ3v) is 4.83. The lowest BCUT2D eigenvalue weighted by Crippen LogP contribution is -2.50. The van der Waals surface area contributed by atoms with E-state index in [0.717, 1.165) is 10.6 Å². The van der Waals surface area contributed by atoms with E-state index in [1.54, 1.807) is 4.90 Å². The van der Waals surface area contributed by atoms with Crippen molar-refractivity contribution < 1.29 is 5.11 Å². The second-order valence-corrected chi connectivity index (χ2v) is 6.02. The van der Waals surface area contributed by atoms with Crippen LogP contribution in [0.4, 0.5) is 5.69 Å². The largest absolute Gasteiger partial charge is 0.362 e. The average molecular weight is 305 g/mol. The molecule has 5 heteroatoms. The number of nitriles is 1. The number of fused-ring (bicyclic) bond motifs is 3. The predicted molar refractivity (Wildman–Crippen MR) is 86.2 cm³/mol. The number of anilines is 1. The Bertz CT molecular complexity index is 854. The fourth-order valence-electron chi connectivity index (χ4n) is 2.76. The topological polar surface area (TPSA) is 59.6 Å². The number of thioether (sulfide) groups is 1. The van der Waals surface area contributed by atoms with E-state index < -0.39 is 5.72 Å². The number of para-hydroxylation sites is 1. The highest BCUT2D eigenvalue weighted by Gasteiger charge is 2.48. The SMILES string of the molecule is N#CC1=CN=C2Sc3ccccc3N2[C@]1(O)c1ccccc1. The summed E-state index contributed by atoms with van der Waals surface area (Å²) in [5.74, 6) is 0. The van der Waals surface area contributed by atoms with E-state index in [1.807, 2.05) is 54.6 Å². The highest BCUT2D eigenvalue weighted by molar-refractivity contribution is 8.14. The van der Waals surface area contributed by atoms with Crippen molar-refractivity contribution >= 4 is 22.6 Å². The van der Waals surface area contributed by atoms with Crippen LogP contribution in [-0.2, 0) is 5.72 Å². The minimum atomic E-state index is -1.54. The van der Waals surface area contributed by atoms with Crippen molar-refractivity contribution in [2.45, 2.75) is 10.6 Å². The van der Waals surface area contributed by atoms with Gasteiger partial charge in [0.15, 0.2) is 5.17 Å². The summed E-state index contributed by atoms with van der Waals surface area (Å²) in [6.07, 6.45) is 1.46. The van der Waals surface area contributed by atoms with Crippen molar-refractivity contribution in [3.63, 3.8) is 0 Å². The molecule has 4 nitrogen and oxygen atoms in total. The lowest BCUT2D eigenvalue weighted by Gasteiger charge is -2.39. The van der Waals surface area contributed by atoms with E-state index in [0.29, 0.717) is 10.7 Å². The standard InChI is InChI=1S/C17H11N3OS/c18-10-13-11-19-16-20(14-8-4-5-9-15(14)22-16)17(13,21)12-6-2-1-3-7-12/h1-9,11,21H/t17-/m0/s1. The third kappa shape index (κ3) is 1.65. The van der Waals surface area contributed by atoms with Crippen LogP contribution in [0.2, 0.25) is 0 Å². The van der Waals surface area contributed by atoms with Crippen LogP contribution in [0, 0.1) is 11.3 Å². The van der Waals surface area contributed by atoms with Gasteiger partial charge in [0, 0.05) is 16.7 Å². The molecule has 0 amide bonds. The summed E-state index contributed by atoms with van der Waals surface area (Å²) in [4.78, 5) is 7.09. The van der Waals surface area contributed by atoms with Gasteiger partial charge in [0.05, 0.1) is 5.69 Å². The Kier molecular flexibility index (Phi) is 2.83. The molecule has 4 rings (SSSR count). The van der Waals surface area contributed by atoms with Crippen LogP contribution in [0.25, 0.3) is 0 Å². The number of amidine groups is 1. The maximum Gasteiger partial charge on any atom is 0.208 e. The van der Waals surface area contributed by atoms with Gasteiger partial charge in [-0.1, -0.05) is 42.5 Å². The molecule has 2 aliphatic rings. The zero-order valence-electron chi connectivity index (χ0n) is 11.5. The van der Waals surface area contributed by atoms with E-state index >= 15 is 0 Å². The van der Waals surface area contributed by atoms with Gasteiger partial charge in [-0.3, -0.25) is 4.90 Å². The molecule has 0 radical (unpaired) electrons. The van der Waals surface area contributed by atoms with E-state index in [-0.39, 0.29) is 5.57 Å². The third-order valence-electron chi connectivity index (χ3n) is 3.80. The van der Waals surface area contributed by atoms with E-state index in [1.165, 1.54) is 18.0 Å². The Morgan fingerprint density at radius 2 is 1.82 bits per heavy atom. The van der Waals surface area contributed by atoms with E-state index in [9.17, 15) is 10.4 Å². The molecule has 0 aromatic heterocycles. The number of hydrogen-bond acceptors (Lipinski definition) is 5. The van der Waals surface area contributed by atoms with Gasteiger partial charge >= 0.3 is 0 Å². The molecule has 0 saturated carbocycles. The first-order chi connectivity index (χ1) is 10.7. The number of nitrogens with zero attached hydrogens (tertiary/aromatic N) is 3. The van der Waals surface area contributed by atoms with Crippen LogP contribution >= 0.6 is 11.8 Å². The molecular weight excluding hydrogens is 294 g/mol. The van der Waals surface area contributed by atoms with Gasteiger partial charge in [-0.2, -0.15) is 5.26 Å². The van der Waals surface area contributed by atoms with Gasteiger partial charge in [0.2, 0.25) is 5.72 Å². The molecule has 2 aromatic carbocycles. The van der Waals surface area contributed by atoms with Crippen LogP contribution in [-0.4, -0.2) is 10.3 Å². The average Bonchev–Trinajstić information content (AvgIpc) is 2.95. The summed E-state index contributed by atoms with van der Waals surface area (Å²) >= 11 is 1.49. The smallest absolute Gasteiger partial charge is 0.208 e. The summed E-state index contributed by atoms with van der Waals surface area (Å²) in [6.45, 7) is 0. The van der Waals surface area contributed by atoms with Gasteiger partial charge in [0.1, 0.15) is 11.6 Å². The lowest BCUT2D eigenvalue weighted by molar-refractivity contribution is 0.0902. The quantitative estimate of drug-likeness (QED) is 0.879. The molecule has 1 atom stereocenters. The van der Waals surface area contributed by atoms with Crippen LogP contribution in [0.15, 0.2) is 76.3 Å². The monoisotopic (exact) mass is 305 g/mol. The van der Waals surface area contributed by atoms with Crippen LogP contribution < -0.4 is 4.90 Å². The molecular formula is C17H11N3OS. The molecule has 2 aliphatic heterocycles. The second kappa shape index (κ2) is 4.73. The fraction of sp³-hybridized carbons (Fsp3) is 0.0588. The minimum absolute atomic E-state index is 0.208. The first-order valence-corrected chi connectivity index (χ1v) is 7.60. The van der Waals surface area contributed by atoms with Crippen LogP contribution in [0.3, 0.4) is 0 Å². The van der Waals surface area contributed by atoms with Gasteiger partial charge in [-0.25, -0.2) is 4.99 Å². The highest BCUT2D eigenvalue weighted by atomic mass is 32.2. The summed E-state index contributed by atoms with van der Waals surface area (Å²) < 4.78 is 0. The number of aliphatic imine (C=N–C) groups is 1. The molecule has 22 heavy (non-hydrogen) atoms. The fourth-order valence-corrected chi connectivity index (χ4v) is 3.80. The molecule has 0 spiro atoms. The van der Waals surface area contributed by atoms with Gasteiger partial charge in [-0.05, 0) is 23.9 Å². The molecule has 0 fully saturated rings. The molecule has 2 aromatic rings. The van der Waals surface area contributed by atoms with Gasteiger partial charge < -0.3 is 5.11 Å². The number of rotatable bonds is 1. The molecule has 1 N–H and O–H groups in total. The first-order valence-electron chi connectivity index (χ1n) is 6.78. The summed E-state index contributed by atoms with van der Waals surface area (Å²) in [7, 11) is 0. The first kappa shape index (κ1) is 13.1. The molecule has 0 unspecified atom stereocenters. The Morgan fingerprint density at radius 3 is 2.59 bits per heavy atom. The Labute approximate surface area is 132 Å². The molecule has 0 bridgehead atoms. The van der Waals surface area contributed by atoms with Crippen molar-refractivity contribution in [3.05, 3.63) is 71.9 Å². The Balaban J connectivity index is 1.98. The van der Waals surface area contributed by atoms with Gasteiger partial charge in [-0.15, -0.1) is 0 Å². The van der Waals surface area contributed by atoms with Crippen molar-refractivity contribution in [2.75, 3.05) is 4.90 Å². The van der Waals surface area contributed by atoms with Crippen molar-refractivity contribution in [2.24, 2.45) is 4.99 Å². The highest BCUT2D eigenvalue weighted by Crippen LogP contribution is 2.49. The van der Waals surface area contributed by atoms with Crippen LogP contribution in [0.5, 0.6) is 0 Å². The summed E-state index contributed by atoms with van der Waals surface area (Å²) in [5, 5.41) is 21.6. The zero-order chi connectivity index (χ0) is 15.2. The normalized spacial score (nSPS) is 22.3.